The Hall–Kier alpha value is -1.79. The highest BCUT2D eigenvalue weighted by Gasteiger charge is 2.21. The van der Waals surface area contributed by atoms with Crippen molar-refractivity contribution in [2.75, 3.05) is 24.6 Å². The van der Waals surface area contributed by atoms with Crippen LogP contribution in [0.25, 0.3) is 0 Å². The van der Waals surface area contributed by atoms with Crippen LogP contribution in [-0.2, 0) is 9.59 Å². The van der Waals surface area contributed by atoms with E-state index in [0.29, 0.717) is 18.7 Å². The third kappa shape index (κ3) is 6.08. The molecule has 6 nitrogen and oxygen atoms in total. The van der Waals surface area contributed by atoms with Crippen LogP contribution in [-0.4, -0.2) is 37.0 Å². The maximum absolute atomic E-state index is 11.7. The second-order valence-corrected chi connectivity index (χ2v) is 6.20. The van der Waals surface area contributed by atoms with Crippen LogP contribution in [0.1, 0.15) is 26.7 Å². The van der Waals surface area contributed by atoms with Crippen LogP contribution in [0.3, 0.4) is 0 Å². The molecule has 23 heavy (non-hydrogen) atoms. The van der Waals surface area contributed by atoms with E-state index in [-0.39, 0.29) is 30.8 Å². The van der Waals surface area contributed by atoms with E-state index in [1.54, 1.807) is 17.0 Å². The van der Waals surface area contributed by atoms with Crippen molar-refractivity contribution in [1.82, 2.24) is 5.32 Å². The van der Waals surface area contributed by atoms with Crippen LogP contribution in [0.4, 0.5) is 5.69 Å². The fourth-order valence-electron chi connectivity index (χ4n) is 2.19. The highest BCUT2D eigenvalue weighted by molar-refractivity contribution is 5.95. The summed E-state index contributed by atoms with van der Waals surface area (Å²) >= 11 is 0. The lowest BCUT2D eigenvalue weighted by atomic mass is 10.1. The Morgan fingerprint density at radius 2 is 2.17 bits per heavy atom. The zero-order valence-corrected chi connectivity index (χ0v) is 14.3. The second kappa shape index (κ2) is 8.17. The summed E-state index contributed by atoms with van der Waals surface area (Å²) in [6, 6.07) is 7.23. The second-order valence-electron chi connectivity index (χ2n) is 6.20. The summed E-state index contributed by atoms with van der Waals surface area (Å²) in [5.74, 6) is 0.473. The number of hydrogen-bond donors (Lipinski definition) is 2. The molecule has 0 saturated carbocycles. The number of nitrogens with one attached hydrogen (secondary N) is 1. The molecule has 1 saturated heterocycles. The summed E-state index contributed by atoms with van der Waals surface area (Å²) in [5.41, 5.74) is 6.16. The quantitative estimate of drug-likeness (QED) is 0.820. The molecule has 0 atom stereocenters. The van der Waals surface area contributed by atoms with Crippen LogP contribution >= 0.6 is 12.4 Å². The van der Waals surface area contributed by atoms with E-state index in [4.69, 9.17) is 10.5 Å². The standard InChI is InChI=1S/C16H23N3O3.ClH/c1-16(2,17)11-18-14(20)10-22-13-6-3-5-12(9-13)19-8-4-7-15(19)21;/h3,5-6,9H,4,7-8,10-11,17H2,1-2H3,(H,18,20);1H. The van der Waals surface area contributed by atoms with E-state index in [1.807, 2.05) is 26.0 Å². The zero-order chi connectivity index (χ0) is 16.2. The summed E-state index contributed by atoms with van der Waals surface area (Å²) in [6.45, 7) is 4.72. The fraction of sp³-hybridized carbons (Fsp3) is 0.500. The predicted octanol–water partition coefficient (Wildman–Crippen LogP) is 1.47. The fourth-order valence-corrected chi connectivity index (χ4v) is 2.19. The van der Waals surface area contributed by atoms with Crippen molar-refractivity contribution in [1.29, 1.82) is 0 Å². The Balaban J connectivity index is 0.00000264. The number of carbonyl (C=O) groups excluding carboxylic acids is 2. The van der Waals surface area contributed by atoms with E-state index in [2.05, 4.69) is 5.32 Å². The first-order chi connectivity index (χ1) is 10.3. The Kier molecular flexibility index (Phi) is 6.84. The number of nitrogens with two attached hydrogens (primary N) is 1. The van der Waals surface area contributed by atoms with Crippen molar-refractivity contribution in [3.05, 3.63) is 24.3 Å². The molecule has 0 radical (unpaired) electrons. The van der Waals surface area contributed by atoms with Crippen LogP contribution in [0, 0.1) is 0 Å². The number of ether oxygens (including phenoxy) is 1. The minimum absolute atomic E-state index is 0. The molecule has 7 heteroatoms. The molecule has 2 rings (SSSR count). The molecule has 1 aliphatic heterocycles. The number of hydrogen-bond acceptors (Lipinski definition) is 4. The topological polar surface area (TPSA) is 84.7 Å². The number of halogens is 1. The number of nitrogens with zero attached hydrogens (tertiary/aromatic N) is 1. The van der Waals surface area contributed by atoms with Gasteiger partial charge in [0.1, 0.15) is 5.75 Å². The third-order valence-electron chi connectivity index (χ3n) is 3.31. The molecule has 0 unspecified atom stereocenters. The maximum Gasteiger partial charge on any atom is 0.258 e. The monoisotopic (exact) mass is 341 g/mol. The lowest BCUT2D eigenvalue weighted by Crippen LogP contribution is -2.46. The average molecular weight is 342 g/mol. The van der Waals surface area contributed by atoms with E-state index >= 15 is 0 Å². The molecule has 128 valence electrons. The summed E-state index contributed by atoms with van der Waals surface area (Å²) in [6.07, 6.45) is 1.46. The predicted molar refractivity (Wildman–Crippen MR) is 92.0 cm³/mol. The number of carbonyl (C=O) groups is 2. The van der Waals surface area contributed by atoms with Gasteiger partial charge in [-0.05, 0) is 32.4 Å². The lowest BCUT2D eigenvalue weighted by Gasteiger charge is -2.19. The van der Waals surface area contributed by atoms with E-state index in [0.717, 1.165) is 18.7 Å². The molecule has 0 spiro atoms. The van der Waals surface area contributed by atoms with Crippen LogP contribution in [0.2, 0.25) is 0 Å². The number of amides is 2. The first kappa shape index (κ1) is 19.3. The first-order valence-electron chi connectivity index (χ1n) is 7.44. The average Bonchev–Trinajstić information content (AvgIpc) is 2.89. The van der Waals surface area contributed by atoms with Gasteiger partial charge in [-0.2, -0.15) is 0 Å². The maximum atomic E-state index is 11.7. The van der Waals surface area contributed by atoms with Gasteiger partial charge in [-0.15, -0.1) is 12.4 Å². The van der Waals surface area contributed by atoms with Crippen molar-refractivity contribution < 1.29 is 14.3 Å². The van der Waals surface area contributed by atoms with Gasteiger partial charge in [0, 0.05) is 36.8 Å². The first-order valence-corrected chi connectivity index (χ1v) is 7.44. The van der Waals surface area contributed by atoms with Crippen molar-refractivity contribution in [2.45, 2.75) is 32.2 Å². The van der Waals surface area contributed by atoms with Crippen molar-refractivity contribution in [2.24, 2.45) is 5.73 Å². The largest absolute Gasteiger partial charge is 0.484 e. The molecule has 1 aromatic rings. The van der Waals surface area contributed by atoms with Crippen molar-refractivity contribution in [3.63, 3.8) is 0 Å². The summed E-state index contributed by atoms with van der Waals surface area (Å²) < 4.78 is 5.48. The van der Waals surface area contributed by atoms with Gasteiger partial charge in [-0.1, -0.05) is 6.07 Å². The Morgan fingerprint density at radius 1 is 1.43 bits per heavy atom. The molecule has 1 aromatic carbocycles. The third-order valence-corrected chi connectivity index (χ3v) is 3.31. The van der Waals surface area contributed by atoms with Gasteiger partial charge in [-0.3, -0.25) is 9.59 Å². The SMILES string of the molecule is CC(C)(N)CNC(=O)COc1cccc(N2CCCC2=O)c1.Cl. The minimum Gasteiger partial charge on any atom is -0.484 e. The molecule has 2 amide bonds. The summed E-state index contributed by atoms with van der Waals surface area (Å²) in [7, 11) is 0. The van der Waals surface area contributed by atoms with Gasteiger partial charge in [0.2, 0.25) is 5.91 Å². The molecule has 0 aliphatic carbocycles. The van der Waals surface area contributed by atoms with Crippen LogP contribution < -0.4 is 20.7 Å². The summed E-state index contributed by atoms with van der Waals surface area (Å²) in [4.78, 5) is 25.2. The Bertz CT molecular complexity index is 558. The smallest absolute Gasteiger partial charge is 0.258 e. The number of rotatable bonds is 6. The Morgan fingerprint density at radius 3 is 2.78 bits per heavy atom. The molecule has 1 heterocycles. The van der Waals surface area contributed by atoms with Crippen LogP contribution in [0.15, 0.2) is 24.3 Å². The summed E-state index contributed by atoms with van der Waals surface area (Å²) in [5, 5.41) is 2.72. The molecule has 1 fully saturated rings. The van der Waals surface area contributed by atoms with Gasteiger partial charge >= 0.3 is 0 Å². The molecule has 3 N–H and O–H groups in total. The number of anilines is 1. The number of benzene rings is 1. The van der Waals surface area contributed by atoms with Crippen molar-refractivity contribution >= 4 is 29.9 Å². The van der Waals surface area contributed by atoms with E-state index in [1.165, 1.54) is 0 Å². The molecule has 0 bridgehead atoms. The molecular formula is C16H24ClN3O3. The van der Waals surface area contributed by atoms with Gasteiger partial charge in [-0.25, -0.2) is 0 Å². The zero-order valence-electron chi connectivity index (χ0n) is 13.5. The molecule has 0 aromatic heterocycles. The Labute approximate surface area is 142 Å². The lowest BCUT2D eigenvalue weighted by molar-refractivity contribution is -0.123. The normalized spacial score (nSPS) is 14.4. The highest BCUT2D eigenvalue weighted by atomic mass is 35.5. The van der Waals surface area contributed by atoms with E-state index < -0.39 is 5.54 Å². The highest BCUT2D eigenvalue weighted by Crippen LogP contribution is 2.25. The van der Waals surface area contributed by atoms with Gasteiger partial charge in [0.25, 0.3) is 5.91 Å². The van der Waals surface area contributed by atoms with Gasteiger partial charge < -0.3 is 20.7 Å². The molecular weight excluding hydrogens is 318 g/mol. The van der Waals surface area contributed by atoms with Crippen LogP contribution in [0.5, 0.6) is 5.75 Å². The van der Waals surface area contributed by atoms with Gasteiger partial charge in [0.05, 0.1) is 0 Å². The van der Waals surface area contributed by atoms with Gasteiger partial charge in [0.15, 0.2) is 6.61 Å². The minimum atomic E-state index is -0.453. The molecule has 1 aliphatic rings. The van der Waals surface area contributed by atoms with E-state index in [9.17, 15) is 9.59 Å². The van der Waals surface area contributed by atoms with Crippen molar-refractivity contribution in [3.8, 4) is 5.75 Å².